The van der Waals surface area contributed by atoms with Crippen LogP contribution in [0.4, 0.5) is 0 Å². The lowest BCUT2D eigenvalue weighted by Crippen LogP contribution is -2.88. The highest BCUT2D eigenvalue weighted by molar-refractivity contribution is 5.77. The van der Waals surface area contributed by atoms with Crippen LogP contribution in [0.3, 0.4) is 0 Å². The lowest BCUT2D eigenvalue weighted by Gasteiger charge is -2.22. The minimum atomic E-state index is 0.190. The first-order valence-electron chi connectivity index (χ1n) is 7.07. The van der Waals surface area contributed by atoms with E-state index in [9.17, 15) is 4.79 Å². The van der Waals surface area contributed by atoms with E-state index in [0.717, 1.165) is 32.4 Å². The summed E-state index contributed by atoms with van der Waals surface area (Å²) in [6.07, 6.45) is 8.90. The van der Waals surface area contributed by atoms with E-state index >= 15 is 0 Å². The van der Waals surface area contributed by atoms with Gasteiger partial charge in [0.05, 0.1) is 0 Å². The summed E-state index contributed by atoms with van der Waals surface area (Å²) in [5, 5.41) is 5.21. The molecule has 0 aromatic rings. The van der Waals surface area contributed by atoms with Crippen molar-refractivity contribution in [3.8, 4) is 0 Å². The SMILES string of the molecule is O=C(C[NH2+]C[C@H]1CCCO1)NC1CCCCC1. The molecule has 1 amide bonds. The number of carbonyl (C=O) groups excluding carboxylic acids is 1. The van der Waals surface area contributed by atoms with E-state index in [1.807, 2.05) is 0 Å². The van der Waals surface area contributed by atoms with Gasteiger partial charge in [-0.05, 0) is 25.7 Å². The van der Waals surface area contributed by atoms with Crippen molar-refractivity contribution in [3.63, 3.8) is 0 Å². The molecule has 2 aliphatic rings. The highest BCUT2D eigenvalue weighted by Gasteiger charge is 2.19. The molecule has 1 aliphatic carbocycles. The Kier molecular flexibility index (Phi) is 5.26. The smallest absolute Gasteiger partial charge is 0.275 e. The van der Waals surface area contributed by atoms with Gasteiger partial charge in [0.1, 0.15) is 12.6 Å². The van der Waals surface area contributed by atoms with Crippen molar-refractivity contribution in [2.24, 2.45) is 0 Å². The quantitative estimate of drug-likeness (QED) is 0.721. The molecule has 2 rings (SSSR count). The first-order valence-corrected chi connectivity index (χ1v) is 7.07. The van der Waals surface area contributed by atoms with E-state index in [1.54, 1.807) is 0 Å². The molecule has 0 spiro atoms. The first kappa shape index (κ1) is 12.8. The molecule has 2 fully saturated rings. The van der Waals surface area contributed by atoms with E-state index in [-0.39, 0.29) is 5.91 Å². The molecule has 0 unspecified atom stereocenters. The summed E-state index contributed by atoms with van der Waals surface area (Å²) in [6, 6.07) is 0.437. The normalized spacial score (nSPS) is 26.0. The van der Waals surface area contributed by atoms with Crippen LogP contribution in [0, 0.1) is 0 Å². The van der Waals surface area contributed by atoms with Crippen molar-refractivity contribution in [2.75, 3.05) is 19.7 Å². The molecule has 0 aromatic heterocycles. The van der Waals surface area contributed by atoms with E-state index in [2.05, 4.69) is 10.6 Å². The van der Waals surface area contributed by atoms with Crippen LogP contribution in [0.1, 0.15) is 44.9 Å². The first-order chi connectivity index (χ1) is 8.34. The predicted molar refractivity (Wildman–Crippen MR) is 65.6 cm³/mol. The molecular weight excluding hydrogens is 216 g/mol. The number of nitrogens with one attached hydrogen (secondary N) is 1. The zero-order valence-corrected chi connectivity index (χ0v) is 10.6. The van der Waals surface area contributed by atoms with Gasteiger partial charge in [0.15, 0.2) is 6.54 Å². The van der Waals surface area contributed by atoms with E-state index in [0.29, 0.717) is 18.7 Å². The highest BCUT2D eigenvalue weighted by atomic mass is 16.5. The zero-order valence-electron chi connectivity index (χ0n) is 10.6. The molecule has 1 heterocycles. The monoisotopic (exact) mass is 241 g/mol. The van der Waals surface area contributed by atoms with Gasteiger partial charge < -0.3 is 15.4 Å². The second kappa shape index (κ2) is 6.97. The van der Waals surface area contributed by atoms with Crippen LogP contribution < -0.4 is 10.6 Å². The average Bonchev–Trinajstić information content (AvgIpc) is 2.83. The van der Waals surface area contributed by atoms with Gasteiger partial charge in [0, 0.05) is 12.6 Å². The Morgan fingerprint density at radius 1 is 1.18 bits per heavy atom. The number of quaternary nitrogens is 1. The third kappa shape index (κ3) is 4.64. The summed E-state index contributed by atoms with van der Waals surface area (Å²) in [7, 11) is 0. The molecule has 1 saturated heterocycles. The van der Waals surface area contributed by atoms with E-state index in [1.165, 1.54) is 25.7 Å². The minimum Gasteiger partial charge on any atom is -0.372 e. The zero-order chi connectivity index (χ0) is 11.9. The van der Waals surface area contributed by atoms with Gasteiger partial charge in [-0.1, -0.05) is 19.3 Å². The molecule has 0 aromatic carbocycles. The maximum Gasteiger partial charge on any atom is 0.275 e. The topological polar surface area (TPSA) is 54.9 Å². The fourth-order valence-corrected chi connectivity index (χ4v) is 2.76. The van der Waals surface area contributed by atoms with Crippen molar-refractivity contribution in [3.05, 3.63) is 0 Å². The lowest BCUT2D eigenvalue weighted by atomic mass is 9.95. The maximum atomic E-state index is 11.7. The molecule has 3 N–H and O–H groups in total. The molecule has 1 aliphatic heterocycles. The number of rotatable bonds is 5. The third-order valence-electron chi connectivity index (χ3n) is 3.75. The van der Waals surface area contributed by atoms with Gasteiger partial charge in [0.25, 0.3) is 5.91 Å². The fraction of sp³-hybridized carbons (Fsp3) is 0.923. The van der Waals surface area contributed by atoms with E-state index < -0.39 is 0 Å². The molecule has 4 nitrogen and oxygen atoms in total. The molecule has 17 heavy (non-hydrogen) atoms. The van der Waals surface area contributed by atoms with Crippen LogP contribution in [0.15, 0.2) is 0 Å². The molecule has 0 radical (unpaired) electrons. The second-order valence-corrected chi connectivity index (χ2v) is 5.27. The molecule has 98 valence electrons. The van der Waals surface area contributed by atoms with Crippen LogP contribution in [0.25, 0.3) is 0 Å². The molecule has 1 saturated carbocycles. The number of nitrogens with two attached hydrogens (primary N) is 1. The second-order valence-electron chi connectivity index (χ2n) is 5.27. The Hall–Kier alpha value is -0.610. The van der Waals surface area contributed by atoms with Gasteiger partial charge in [-0.2, -0.15) is 0 Å². The Morgan fingerprint density at radius 3 is 2.71 bits per heavy atom. The van der Waals surface area contributed by atoms with Crippen LogP contribution in [-0.2, 0) is 9.53 Å². The third-order valence-corrected chi connectivity index (χ3v) is 3.75. The van der Waals surface area contributed by atoms with Crippen LogP contribution in [0.2, 0.25) is 0 Å². The Labute approximate surface area is 103 Å². The Bertz CT molecular complexity index is 234. The predicted octanol–water partition coefficient (Wildman–Crippen LogP) is 0.178. The minimum absolute atomic E-state index is 0.190. The molecular formula is C13H25N2O2+. The summed E-state index contributed by atoms with van der Waals surface area (Å²) in [6.45, 7) is 2.38. The summed E-state index contributed by atoms with van der Waals surface area (Å²) in [5.74, 6) is 0.190. The van der Waals surface area contributed by atoms with Crippen molar-refractivity contribution >= 4 is 5.91 Å². The molecule has 4 heteroatoms. The van der Waals surface area contributed by atoms with Crippen LogP contribution in [0.5, 0.6) is 0 Å². The fourth-order valence-electron chi connectivity index (χ4n) is 2.76. The molecule has 1 atom stereocenters. The van der Waals surface area contributed by atoms with E-state index in [4.69, 9.17) is 4.74 Å². The van der Waals surface area contributed by atoms with Gasteiger partial charge >= 0.3 is 0 Å². The van der Waals surface area contributed by atoms with Crippen molar-refractivity contribution in [2.45, 2.75) is 57.1 Å². The summed E-state index contributed by atoms with van der Waals surface area (Å²) in [4.78, 5) is 11.7. The van der Waals surface area contributed by atoms with Gasteiger partial charge in [-0.15, -0.1) is 0 Å². The van der Waals surface area contributed by atoms with Crippen LogP contribution in [-0.4, -0.2) is 37.7 Å². The van der Waals surface area contributed by atoms with Crippen molar-refractivity contribution in [1.82, 2.24) is 5.32 Å². The number of hydrogen-bond donors (Lipinski definition) is 2. The Morgan fingerprint density at radius 2 is 2.00 bits per heavy atom. The van der Waals surface area contributed by atoms with Gasteiger partial charge in [-0.25, -0.2) is 0 Å². The number of ether oxygens (including phenoxy) is 1. The van der Waals surface area contributed by atoms with Gasteiger partial charge in [-0.3, -0.25) is 4.79 Å². The Balaban J connectivity index is 1.53. The number of hydrogen-bond acceptors (Lipinski definition) is 2. The highest BCUT2D eigenvalue weighted by Crippen LogP contribution is 2.16. The number of amides is 1. The largest absolute Gasteiger partial charge is 0.372 e. The summed E-state index contributed by atoms with van der Waals surface area (Å²) >= 11 is 0. The van der Waals surface area contributed by atoms with Crippen molar-refractivity contribution < 1.29 is 14.8 Å². The number of carbonyl (C=O) groups is 1. The standard InChI is InChI=1S/C13H24N2O2/c16-13(15-11-5-2-1-3-6-11)10-14-9-12-7-4-8-17-12/h11-12,14H,1-10H2,(H,15,16)/p+1/t12-/m1/s1. The molecule has 0 bridgehead atoms. The van der Waals surface area contributed by atoms with Crippen molar-refractivity contribution in [1.29, 1.82) is 0 Å². The summed E-state index contributed by atoms with van der Waals surface area (Å²) in [5.41, 5.74) is 0. The summed E-state index contributed by atoms with van der Waals surface area (Å²) < 4.78 is 5.52. The van der Waals surface area contributed by atoms with Gasteiger partial charge in [0.2, 0.25) is 0 Å². The maximum absolute atomic E-state index is 11.7. The lowest BCUT2D eigenvalue weighted by molar-refractivity contribution is -0.650. The van der Waals surface area contributed by atoms with Crippen LogP contribution >= 0.6 is 0 Å². The average molecular weight is 241 g/mol.